The van der Waals surface area contributed by atoms with Crippen molar-refractivity contribution in [2.24, 2.45) is 0 Å². The van der Waals surface area contributed by atoms with Crippen molar-refractivity contribution in [3.63, 3.8) is 0 Å². The average molecular weight is 319 g/mol. The number of rotatable bonds is 3. The van der Waals surface area contributed by atoms with Crippen molar-refractivity contribution in [2.45, 2.75) is 18.9 Å². The highest BCUT2D eigenvalue weighted by molar-refractivity contribution is 7.18. The minimum atomic E-state index is -0.302. The molecule has 1 aliphatic heterocycles. The first kappa shape index (κ1) is 15.0. The Morgan fingerprint density at radius 2 is 2.27 bits per heavy atom. The van der Waals surface area contributed by atoms with Crippen LogP contribution in [-0.4, -0.2) is 25.0 Å². The Labute approximate surface area is 132 Å². The second kappa shape index (κ2) is 6.46. The Kier molecular flexibility index (Phi) is 4.40. The molecule has 1 amide bonds. The highest BCUT2D eigenvalue weighted by atomic mass is 32.1. The number of nitrogen functional groups attached to an aromatic ring is 1. The predicted molar refractivity (Wildman–Crippen MR) is 87.5 cm³/mol. The number of carbonyl (C=O) groups excluding carboxylic acids is 1. The molecule has 1 aliphatic rings. The molecule has 4 N–H and O–H groups in total. The van der Waals surface area contributed by atoms with Crippen LogP contribution in [0.2, 0.25) is 0 Å². The van der Waals surface area contributed by atoms with Crippen LogP contribution in [0.1, 0.15) is 22.5 Å². The Morgan fingerprint density at radius 3 is 3.00 bits per heavy atom. The van der Waals surface area contributed by atoms with Gasteiger partial charge in [0, 0.05) is 17.5 Å². The summed E-state index contributed by atoms with van der Waals surface area (Å²) in [6.07, 6.45) is 2.03. The Balaban J connectivity index is 1.78. The maximum atomic E-state index is 13.3. The summed E-state index contributed by atoms with van der Waals surface area (Å²) in [5, 5.41) is 6.27. The van der Waals surface area contributed by atoms with Gasteiger partial charge in [0.05, 0.1) is 5.69 Å². The lowest BCUT2D eigenvalue weighted by atomic mass is 10.1. The number of thiophene rings is 1. The van der Waals surface area contributed by atoms with Gasteiger partial charge in [0.1, 0.15) is 10.7 Å². The number of piperidine rings is 1. The number of hydrogen-bond acceptors (Lipinski definition) is 4. The normalized spacial score (nSPS) is 18.1. The molecule has 1 aromatic heterocycles. The third kappa shape index (κ3) is 3.28. The molecule has 1 aromatic carbocycles. The minimum absolute atomic E-state index is 0.139. The summed E-state index contributed by atoms with van der Waals surface area (Å²) in [6.45, 7) is 1.78. The van der Waals surface area contributed by atoms with Crippen LogP contribution in [0.5, 0.6) is 0 Å². The predicted octanol–water partition coefficient (Wildman–Crippen LogP) is 2.62. The van der Waals surface area contributed by atoms with Crippen LogP contribution < -0.4 is 16.4 Å². The standard InChI is InChI=1S/C16H18FN3OS/c17-11-4-1-3-10(7-11)14-8-13(18)15(22-14)16(21)20-12-5-2-6-19-9-12/h1,3-4,7-8,12,19H,2,5-6,9,18H2,(H,20,21)/t12-/m0/s1. The molecule has 1 atom stereocenters. The van der Waals surface area contributed by atoms with Crippen molar-refractivity contribution in [3.8, 4) is 10.4 Å². The molecule has 2 heterocycles. The second-order valence-corrected chi connectivity index (χ2v) is 6.47. The van der Waals surface area contributed by atoms with Gasteiger partial charge in [0.25, 0.3) is 5.91 Å². The molecule has 0 unspecified atom stereocenters. The highest BCUT2D eigenvalue weighted by Gasteiger charge is 2.20. The van der Waals surface area contributed by atoms with Gasteiger partial charge < -0.3 is 16.4 Å². The van der Waals surface area contributed by atoms with E-state index in [9.17, 15) is 9.18 Å². The van der Waals surface area contributed by atoms with E-state index >= 15 is 0 Å². The van der Waals surface area contributed by atoms with E-state index in [-0.39, 0.29) is 17.8 Å². The quantitative estimate of drug-likeness (QED) is 0.815. The van der Waals surface area contributed by atoms with Gasteiger partial charge in [-0.2, -0.15) is 0 Å². The molecule has 0 spiro atoms. The Hall–Kier alpha value is -1.92. The van der Waals surface area contributed by atoms with E-state index in [4.69, 9.17) is 5.73 Å². The zero-order valence-electron chi connectivity index (χ0n) is 12.1. The van der Waals surface area contributed by atoms with Crippen LogP contribution in [-0.2, 0) is 0 Å². The fourth-order valence-corrected chi connectivity index (χ4v) is 3.57. The molecule has 116 valence electrons. The summed E-state index contributed by atoms with van der Waals surface area (Å²) in [4.78, 5) is 13.6. The van der Waals surface area contributed by atoms with Crippen LogP contribution in [0.25, 0.3) is 10.4 Å². The van der Waals surface area contributed by atoms with Crippen LogP contribution >= 0.6 is 11.3 Å². The first-order valence-electron chi connectivity index (χ1n) is 7.30. The van der Waals surface area contributed by atoms with Gasteiger partial charge in [-0.15, -0.1) is 11.3 Å². The third-order valence-corrected chi connectivity index (χ3v) is 4.91. The summed E-state index contributed by atoms with van der Waals surface area (Å²) in [5.74, 6) is -0.456. The minimum Gasteiger partial charge on any atom is -0.397 e. The number of amides is 1. The van der Waals surface area contributed by atoms with Gasteiger partial charge >= 0.3 is 0 Å². The third-order valence-electron chi connectivity index (χ3n) is 3.71. The smallest absolute Gasteiger partial charge is 0.263 e. The molecule has 0 saturated carbocycles. The molecule has 3 rings (SSSR count). The average Bonchev–Trinajstić information content (AvgIpc) is 2.90. The van der Waals surface area contributed by atoms with Crippen LogP contribution in [0.15, 0.2) is 30.3 Å². The molecule has 6 heteroatoms. The number of anilines is 1. The lowest BCUT2D eigenvalue weighted by molar-refractivity contribution is 0.0935. The van der Waals surface area contributed by atoms with E-state index in [0.717, 1.165) is 36.4 Å². The van der Waals surface area contributed by atoms with Crippen LogP contribution in [0.4, 0.5) is 10.1 Å². The molecule has 22 heavy (non-hydrogen) atoms. The number of carbonyl (C=O) groups is 1. The second-order valence-electron chi connectivity index (χ2n) is 5.42. The number of benzene rings is 1. The van der Waals surface area contributed by atoms with Crippen molar-refractivity contribution in [1.82, 2.24) is 10.6 Å². The van der Waals surface area contributed by atoms with Crippen LogP contribution in [0, 0.1) is 5.82 Å². The van der Waals surface area contributed by atoms with Crippen molar-refractivity contribution in [3.05, 3.63) is 41.0 Å². The molecule has 0 radical (unpaired) electrons. The van der Waals surface area contributed by atoms with E-state index in [1.807, 2.05) is 0 Å². The molecule has 1 fully saturated rings. The van der Waals surface area contributed by atoms with E-state index in [0.29, 0.717) is 10.6 Å². The lowest BCUT2D eigenvalue weighted by Crippen LogP contribution is -2.45. The van der Waals surface area contributed by atoms with Gasteiger partial charge in [-0.25, -0.2) is 4.39 Å². The largest absolute Gasteiger partial charge is 0.397 e. The molecule has 4 nitrogen and oxygen atoms in total. The molecular formula is C16H18FN3OS. The number of nitrogens with one attached hydrogen (secondary N) is 2. The van der Waals surface area contributed by atoms with Crippen LogP contribution in [0.3, 0.4) is 0 Å². The van der Waals surface area contributed by atoms with Gasteiger partial charge in [-0.1, -0.05) is 12.1 Å². The Morgan fingerprint density at radius 1 is 1.41 bits per heavy atom. The fourth-order valence-electron chi connectivity index (χ4n) is 2.59. The summed E-state index contributed by atoms with van der Waals surface area (Å²) in [6, 6.07) is 8.16. The first-order chi connectivity index (χ1) is 10.6. The van der Waals surface area contributed by atoms with E-state index in [1.165, 1.54) is 23.5 Å². The maximum Gasteiger partial charge on any atom is 0.263 e. The number of hydrogen-bond donors (Lipinski definition) is 3. The Bertz CT molecular complexity index is 680. The molecule has 0 bridgehead atoms. The zero-order chi connectivity index (χ0) is 15.5. The van der Waals surface area contributed by atoms with Gasteiger partial charge in [-0.05, 0) is 43.1 Å². The zero-order valence-corrected chi connectivity index (χ0v) is 12.9. The van der Waals surface area contributed by atoms with Gasteiger partial charge in [0.2, 0.25) is 0 Å². The SMILES string of the molecule is Nc1cc(-c2cccc(F)c2)sc1C(=O)N[C@H]1CCCNC1. The summed E-state index contributed by atoms with van der Waals surface area (Å²) >= 11 is 1.29. The first-order valence-corrected chi connectivity index (χ1v) is 8.12. The van der Waals surface area contributed by atoms with E-state index in [1.54, 1.807) is 18.2 Å². The number of halogens is 1. The monoisotopic (exact) mass is 319 g/mol. The van der Waals surface area contributed by atoms with E-state index in [2.05, 4.69) is 10.6 Å². The molecule has 0 aliphatic carbocycles. The molecule has 1 saturated heterocycles. The van der Waals surface area contributed by atoms with Crippen molar-refractivity contribution in [2.75, 3.05) is 18.8 Å². The van der Waals surface area contributed by atoms with Crippen molar-refractivity contribution < 1.29 is 9.18 Å². The summed E-state index contributed by atoms with van der Waals surface area (Å²) < 4.78 is 13.3. The lowest BCUT2D eigenvalue weighted by Gasteiger charge is -2.23. The molecular weight excluding hydrogens is 301 g/mol. The van der Waals surface area contributed by atoms with Gasteiger partial charge in [0.15, 0.2) is 0 Å². The summed E-state index contributed by atoms with van der Waals surface area (Å²) in [7, 11) is 0. The molecule has 2 aromatic rings. The highest BCUT2D eigenvalue weighted by Crippen LogP contribution is 2.33. The maximum absolute atomic E-state index is 13.3. The fraction of sp³-hybridized carbons (Fsp3) is 0.312. The van der Waals surface area contributed by atoms with E-state index < -0.39 is 0 Å². The number of nitrogens with two attached hydrogens (primary N) is 1. The van der Waals surface area contributed by atoms with Crippen molar-refractivity contribution >= 4 is 22.9 Å². The topological polar surface area (TPSA) is 67.2 Å². The van der Waals surface area contributed by atoms with Crippen molar-refractivity contribution in [1.29, 1.82) is 0 Å². The van der Waals surface area contributed by atoms with Gasteiger partial charge in [-0.3, -0.25) is 4.79 Å². The summed E-state index contributed by atoms with van der Waals surface area (Å²) in [5.41, 5.74) is 7.13.